The highest BCUT2D eigenvalue weighted by atomic mass is 16.6. The molecule has 1 aliphatic heterocycles. The average molecular weight is 841 g/mol. The van der Waals surface area contributed by atoms with Crippen LogP contribution >= 0.6 is 0 Å². The van der Waals surface area contributed by atoms with Crippen LogP contribution in [0.5, 0.6) is 0 Å². The lowest BCUT2D eigenvalue weighted by atomic mass is 9.95. The van der Waals surface area contributed by atoms with Gasteiger partial charge in [0.05, 0.1) is 13.2 Å². The Labute approximate surface area is 357 Å². The van der Waals surface area contributed by atoms with Gasteiger partial charge in [-0.15, -0.1) is 0 Å². The fourth-order valence-corrected chi connectivity index (χ4v) is 6.89. The summed E-state index contributed by atoms with van der Waals surface area (Å²) in [7, 11) is 1.26. The molecule has 1 heterocycles. The number of esters is 1. The van der Waals surface area contributed by atoms with Gasteiger partial charge in [-0.2, -0.15) is 0 Å². The van der Waals surface area contributed by atoms with Crippen molar-refractivity contribution < 1.29 is 43.0 Å². The molecule has 7 atom stereocenters. The van der Waals surface area contributed by atoms with Gasteiger partial charge in [-0.1, -0.05) is 98.2 Å². The van der Waals surface area contributed by atoms with E-state index < -0.39 is 77.5 Å². The third-order valence-corrected chi connectivity index (χ3v) is 10.2. The average Bonchev–Trinajstić information content (AvgIpc) is 3.64. The van der Waals surface area contributed by atoms with Crippen LogP contribution in [0.15, 0.2) is 42.5 Å². The molecule has 15 heteroatoms. The van der Waals surface area contributed by atoms with E-state index in [9.17, 15) is 33.6 Å². The minimum Gasteiger partial charge on any atom is -0.467 e. The summed E-state index contributed by atoms with van der Waals surface area (Å²) < 4.78 is 10.3. The number of likely N-dealkylation sites (tertiary alicyclic amines) is 1. The van der Waals surface area contributed by atoms with Crippen molar-refractivity contribution in [2.45, 2.75) is 157 Å². The summed E-state index contributed by atoms with van der Waals surface area (Å²) in [6, 6.07) is 3.92. The van der Waals surface area contributed by atoms with E-state index >= 15 is 0 Å². The number of methoxy groups -OCH3 is 1. The molecule has 0 radical (unpaired) electrons. The molecule has 5 N–H and O–H groups in total. The van der Waals surface area contributed by atoms with Crippen molar-refractivity contribution in [2.75, 3.05) is 13.7 Å². The Hall–Kier alpha value is -4.95. The van der Waals surface area contributed by atoms with E-state index in [0.29, 0.717) is 38.6 Å². The van der Waals surface area contributed by atoms with Gasteiger partial charge in [0, 0.05) is 19.0 Å². The van der Waals surface area contributed by atoms with E-state index in [1.807, 2.05) is 85.7 Å². The Morgan fingerprint density at radius 2 is 1.35 bits per heavy atom. The Morgan fingerprint density at radius 3 is 1.90 bits per heavy atom. The maximum atomic E-state index is 14.2. The zero-order chi connectivity index (χ0) is 45.3. The molecule has 15 nitrogen and oxygen atoms in total. The molecule has 0 unspecified atom stereocenters. The maximum Gasteiger partial charge on any atom is 0.408 e. The monoisotopic (exact) mass is 841 g/mol. The molecule has 2 rings (SSSR count). The van der Waals surface area contributed by atoms with Crippen LogP contribution < -0.4 is 26.6 Å². The second-order valence-electron chi connectivity index (χ2n) is 18.0. The van der Waals surface area contributed by atoms with E-state index in [1.165, 1.54) is 13.2 Å². The SMILES string of the molecule is CC[C@H](C)[C@H](NC(=O)[C@H](CC(C)C)NC(=O)OC(C)(C)C)C(=O)N[C@H](C(=O)N1CCC[C@H]1/C=C/C(=O)N[C@@H](Cc1ccccc1)C(=O)N[C@@H](CC(C)C)C(=O)OC)C(C)C. The van der Waals surface area contributed by atoms with Gasteiger partial charge in [0.2, 0.25) is 29.5 Å². The van der Waals surface area contributed by atoms with Crippen LogP contribution in [0, 0.1) is 23.7 Å². The second-order valence-corrected chi connectivity index (χ2v) is 18.0. The highest BCUT2D eigenvalue weighted by molar-refractivity contribution is 5.96. The smallest absolute Gasteiger partial charge is 0.408 e. The molecule has 1 fully saturated rings. The minimum absolute atomic E-state index is 0.0404. The first kappa shape index (κ1) is 51.2. The topological polar surface area (TPSA) is 201 Å². The third kappa shape index (κ3) is 17.3. The molecule has 1 aliphatic rings. The molecular weight excluding hydrogens is 769 g/mol. The number of benzene rings is 1. The molecule has 0 saturated carbocycles. The Balaban J connectivity index is 2.25. The van der Waals surface area contributed by atoms with Crippen molar-refractivity contribution in [3.8, 4) is 0 Å². The third-order valence-electron chi connectivity index (χ3n) is 10.2. The Kier molecular flexibility index (Phi) is 20.8. The van der Waals surface area contributed by atoms with Crippen LogP contribution in [0.25, 0.3) is 0 Å². The van der Waals surface area contributed by atoms with Gasteiger partial charge in [0.1, 0.15) is 35.8 Å². The lowest BCUT2D eigenvalue weighted by molar-refractivity contribution is -0.145. The normalized spacial score (nSPS) is 17.3. The van der Waals surface area contributed by atoms with E-state index in [-0.39, 0.29) is 36.0 Å². The molecular formula is C45H72N6O9. The van der Waals surface area contributed by atoms with E-state index in [2.05, 4.69) is 26.6 Å². The number of ether oxygens (including phenoxy) is 2. The standard InChI is InChI=1S/C45H72N6O9/c1-13-30(8)38(50-40(54)33(24-27(2)3)48-44(58)60-45(9,10)11)41(55)49-37(29(6)7)42(56)51-23-17-20-32(51)21-22-36(52)46-34(26-31-18-15-14-16-19-31)39(53)47-35(25-28(4)5)43(57)59-12/h14-16,18-19,21-22,27-30,32-35,37-38H,13,17,20,23-26H2,1-12H3,(H,46,52)(H,47,53)(H,48,58)(H,49,55)(H,50,54)/b22-21+/t30-,32-,33-,34-,35-,37-,38-/m0/s1. The van der Waals surface area contributed by atoms with Gasteiger partial charge in [-0.05, 0) is 75.7 Å². The lowest BCUT2D eigenvalue weighted by Gasteiger charge is -2.32. The molecule has 1 aromatic carbocycles. The number of alkyl carbamates (subject to hydrolysis) is 1. The van der Waals surface area contributed by atoms with Crippen LogP contribution in [0.1, 0.15) is 114 Å². The van der Waals surface area contributed by atoms with Crippen molar-refractivity contribution in [1.82, 2.24) is 31.5 Å². The number of carbonyl (C=O) groups is 7. The summed E-state index contributed by atoms with van der Waals surface area (Å²) >= 11 is 0. The summed E-state index contributed by atoms with van der Waals surface area (Å²) in [4.78, 5) is 95.6. The first-order valence-corrected chi connectivity index (χ1v) is 21.4. The summed E-state index contributed by atoms with van der Waals surface area (Å²) in [5.41, 5.74) is 0.0314. The Bertz CT molecular complexity index is 1620. The van der Waals surface area contributed by atoms with Gasteiger partial charge < -0.3 is 41.0 Å². The first-order valence-electron chi connectivity index (χ1n) is 21.4. The number of amides is 6. The van der Waals surface area contributed by atoms with Gasteiger partial charge >= 0.3 is 12.1 Å². The van der Waals surface area contributed by atoms with E-state index in [0.717, 1.165) is 5.56 Å². The molecule has 0 aromatic heterocycles. The molecule has 1 aromatic rings. The number of hydrogen-bond acceptors (Lipinski definition) is 9. The summed E-state index contributed by atoms with van der Waals surface area (Å²) in [5.74, 6) is -3.57. The van der Waals surface area contributed by atoms with Crippen molar-refractivity contribution in [1.29, 1.82) is 0 Å². The molecule has 0 aliphatic carbocycles. The highest BCUT2D eigenvalue weighted by Crippen LogP contribution is 2.22. The van der Waals surface area contributed by atoms with Crippen LogP contribution in [-0.4, -0.2) is 102 Å². The second kappa shape index (κ2) is 24.3. The largest absolute Gasteiger partial charge is 0.467 e. The summed E-state index contributed by atoms with van der Waals surface area (Å²) in [6.45, 7) is 20.6. The number of nitrogens with zero attached hydrogens (tertiary/aromatic N) is 1. The number of rotatable bonds is 21. The van der Waals surface area contributed by atoms with Crippen molar-refractivity contribution in [3.63, 3.8) is 0 Å². The maximum absolute atomic E-state index is 14.2. The number of nitrogens with one attached hydrogen (secondary N) is 5. The van der Waals surface area contributed by atoms with Gasteiger partial charge in [-0.3, -0.25) is 24.0 Å². The fraction of sp³-hybridized carbons (Fsp3) is 0.667. The van der Waals surface area contributed by atoms with E-state index in [4.69, 9.17) is 9.47 Å². The zero-order valence-corrected chi connectivity index (χ0v) is 37.9. The van der Waals surface area contributed by atoms with Crippen molar-refractivity contribution in [2.24, 2.45) is 23.7 Å². The molecule has 6 amide bonds. The molecule has 336 valence electrons. The number of carbonyl (C=O) groups excluding carboxylic acids is 7. The summed E-state index contributed by atoms with van der Waals surface area (Å²) in [5, 5.41) is 14.0. The van der Waals surface area contributed by atoms with Crippen LogP contribution in [0.3, 0.4) is 0 Å². The number of hydrogen-bond donors (Lipinski definition) is 5. The minimum atomic E-state index is -1.02. The predicted octanol–water partition coefficient (Wildman–Crippen LogP) is 4.58. The fourth-order valence-electron chi connectivity index (χ4n) is 6.89. The van der Waals surface area contributed by atoms with Crippen LogP contribution in [-0.2, 0) is 44.7 Å². The van der Waals surface area contributed by atoms with Gasteiger partial charge in [0.15, 0.2) is 0 Å². The molecule has 1 saturated heterocycles. The quantitative estimate of drug-likeness (QED) is 0.0869. The zero-order valence-electron chi connectivity index (χ0n) is 37.9. The lowest BCUT2D eigenvalue weighted by Crippen LogP contribution is -2.60. The molecule has 0 spiro atoms. The molecule has 60 heavy (non-hydrogen) atoms. The van der Waals surface area contributed by atoms with Crippen molar-refractivity contribution >= 4 is 41.6 Å². The Morgan fingerprint density at radius 1 is 0.767 bits per heavy atom. The summed E-state index contributed by atoms with van der Waals surface area (Å²) in [6.07, 6.45) is 4.81. The van der Waals surface area contributed by atoms with Gasteiger partial charge in [0.25, 0.3) is 0 Å². The first-order chi connectivity index (χ1) is 28.1. The highest BCUT2D eigenvalue weighted by Gasteiger charge is 2.38. The molecule has 0 bridgehead atoms. The van der Waals surface area contributed by atoms with Crippen LogP contribution in [0.2, 0.25) is 0 Å². The predicted molar refractivity (Wildman–Crippen MR) is 230 cm³/mol. The van der Waals surface area contributed by atoms with E-state index in [1.54, 1.807) is 31.7 Å². The van der Waals surface area contributed by atoms with Crippen LogP contribution in [0.4, 0.5) is 4.79 Å². The van der Waals surface area contributed by atoms with Gasteiger partial charge in [-0.25, -0.2) is 9.59 Å². The van der Waals surface area contributed by atoms with Crippen molar-refractivity contribution in [3.05, 3.63) is 48.0 Å².